The van der Waals surface area contributed by atoms with Gasteiger partial charge in [0.2, 0.25) is 0 Å². The van der Waals surface area contributed by atoms with E-state index in [1.807, 2.05) is 55.5 Å². The van der Waals surface area contributed by atoms with Crippen molar-refractivity contribution in [1.82, 2.24) is 4.90 Å². The highest BCUT2D eigenvalue weighted by Crippen LogP contribution is 2.38. The van der Waals surface area contributed by atoms with Gasteiger partial charge >= 0.3 is 12.1 Å². The lowest BCUT2D eigenvalue weighted by molar-refractivity contribution is -0.162. The lowest BCUT2D eigenvalue weighted by Gasteiger charge is -2.38. The summed E-state index contributed by atoms with van der Waals surface area (Å²) < 4.78 is 12.1. The van der Waals surface area contributed by atoms with Gasteiger partial charge in [-0.3, -0.25) is 4.90 Å². The molecule has 1 saturated carbocycles. The molecule has 2 fully saturated rings. The lowest BCUT2D eigenvalue weighted by atomic mass is 9.75. The maximum atomic E-state index is 13.8. The van der Waals surface area contributed by atoms with E-state index in [4.69, 9.17) is 9.47 Å². The van der Waals surface area contributed by atoms with Crippen molar-refractivity contribution in [3.8, 4) is 0 Å². The second-order valence-electron chi connectivity index (χ2n) is 10.7. The van der Waals surface area contributed by atoms with Gasteiger partial charge in [0.25, 0.3) is 0 Å². The van der Waals surface area contributed by atoms with E-state index in [-0.39, 0.29) is 18.1 Å². The maximum Gasteiger partial charge on any atom is 0.411 e. The zero-order valence-corrected chi connectivity index (χ0v) is 21.4. The summed E-state index contributed by atoms with van der Waals surface area (Å²) in [5.74, 6) is 0.977. The molecular weight excluding hydrogens is 438 g/mol. The van der Waals surface area contributed by atoms with E-state index in [9.17, 15) is 9.59 Å². The van der Waals surface area contributed by atoms with Gasteiger partial charge in [-0.05, 0) is 61.5 Å². The molecule has 1 heterocycles. The Morgan fingerprint density at radius 2 is 1.69 bits per heavy atom. The molecule has 188 valence electrons. The number of cyclic esters (lactones) is 1. The van der Waals surface area contributed by atoms with Crippen molar-refractivity contribution >= 4 is 12.1 Å². The lowest BCUT2D eigenvalue weighted by Crippen LogP contribution is -2.48. The molecule has 0 N–H and O–H groups in total. The molecule has 2 aromatic rings. The van der Waals surface area contributed by atoms with Crippen molar-refractivity contribution in [2.45, 2.75) is 84.1 Å². The first kappa shape index (κ1) is 25.3. The molecular formula is C30H39NO4. The molecule has 35 heavy (non-hydrogen) atoms. The van der Waals surface area contributed by atoms with Gasteiger partial charge in [-0.1, -0.05) is 87.9 Å². The molecule has 0 spiro atoms. The first-order valence-corrected chi connectivity index (χ1v) is 13.1. The van der Waals surface area contributed by atoms with Gasteiger partial charge in [0.05, 0.1) is 6.04 Å². The Kier molecular flexibility index (Phi) is 8.15. The summed E-state index contributed by atoms with van der Waals surface area (Å²) in [4.78, 5) is 28.5. The minimum atomic E-state index is -0.758. The maximum absolute atomic E-state index is 13.8. The van der Waals surface area contributed by atoms with E-state index in [1.165, 1.54) is 6.42 Å². The number of hydrogen-bond donors (Lipinski definition) is 0. The summed E-state index contributed by atoms with van der Waals surface area (Å²) in [5.41, 5.74) is 2.13. The number of ether oxygens (including phenoxy) is 2. The zero-order chi connectivity index (χ0) is 24.9. The molecule has 0 radical (unpaired) electrons. The Morgan fingerprint density at radius 3 is 2.34 bits per heavy atom. The highest BCUT2D eigenvalue weighted by molar-refractivity contribution is 5.85. The van der Waals surface area contributed by atoms with E-state index >= 15 is 0 Å². The molecule has 0 bridgehead atoms. The summed E-state index contributed by atoms with van der Waals surface area (Å²) in [6.45, 7) is 8.59. The van der Waals surface area contributed by atoms with E-state index in [0.29, 0.717) is 24.2 Å². The number of hydrogen-bond acceptors (Lipinski definition) is 4. The summed E-state index contributed by atoms with van der Waals surface area (Å²) in [7, 11) is 0. The number of carbonyl (C=O) groups is 2. The van der Waals surface area contributed by atoms with Crippen molar-refractivity contribution in [1.29, 1.82) is 0 Å². The number of amides is 1. The molecule has 5 nitrogen and oxygen atoms in total. The topological polar surface area (TPSA) is 55.8 Å². The van der Waals surface area contributed by atoms with Crippen LogP contribution in [0.5, 0.6) is 0 Å². The molecule has 4 rings (SSSR count). The summed E-state index contributed by atoms with van der Waals surface area (Å²) in [6.07, 6.45) is 3.30. The highest BCUT2D eigenvalue weighted by Gasteiger charge is 2.50. The van der Waals surface area contributed by atoms with Crippen molar-refractivity contribution in [2.75, 3.05) is 0 Å². The number of carbonyl (C=O) groups excluding carboxylic acids is 2. The third-order valence-corrected chi connectivity index (χ3v) is 7.84. The first-order chi connectivity index (χ1) is 16.8. The van der Waals surface area contributed by atoms with Crippen molar-refractivity contribution in [3.05, 3.63) is 71.8 Å². The molecule has 1 saturated heterocycles. The standard InChI is InChI=1S/C30H39NO4/c1-20(2)25-17-15-21(3)19-27(25)34-29(32)28-26(18-16-23-11-7-5-8-12-23)35-30(33)31(28)22(4)24-13-9-6-10-14-24/h5-14,20-22,25-28H,15-19H2,1-4H3. The Morgan fingerprint density at radius 1 is 1.03 bits per heavy atom. The number of rotatable bonds is 8. The molecule has 6 unspecified atom stereocenters. The van der Waals surface area contributed by atoms with Crippen LogP contribution in [0.2, 0.25) is 0 Å². The fraction of sp³-hybridized carbons (Fsp3) is 0.533. The van der Waals surface area contributed by atoms with E-state index in [2.05, 4.69) is 32.9 Å². The summed E-state index contributed by atoms with van der Waals surface area (Å²) in [5, 5.41) is 0. The fourth-order valence-corrected chi connectivity index (χ4v) is 5.74. The van der Waals surface area contributed by atoms with E-state index < -0.39 is 18.2 Å². The van der Waals surface area contributed by atoms with Crippen molar-refractivity contribution < 1.29 is 19.1 Å². The van der Waals surface area contributed by atoms with Gasteiger partial charge in [-0.25, -0.2) is 9.59 Å². The van der Waals surface area contributed by atoms with Crippen molar-refractivity contribution in [2.24, 2.45) is 17.8 Å². The fourth-order valence-electron chi connectivity index (χ4n) is 5.74. The molecule has 5 heteroatoms. The van der Waals surface area contributed by atoms with Crippen LogP contribution in [0.1, 0.15) is 70.5 Å². The minimum absolute atomic E-state index is 0.120. The van der Waals surface area contributed by atoms with Crippen LogP contribution in [0.25, 0.3) is 0 Å². The van der Waals surface area contributed by atoms with Crippen LogP contribution >= 0.6 is 0 Å². The molecule has 2 aromatic carbocycles. The predicted molar refractivity (Wildman–Crippen MR) is 137 cm³/mol. The molecule has 6 atom stereocenters. The monoisotopic (exact) mass is 477 g/mol. The van der Waals surface area contributed by atoms with Gasteiger partial charge in [0, 0.05) is 0 Å². The molecule has 2 aliphatic rings. The van der Waals surface area contributed by atoms with Crippen LogP contribution in [-0.4, -0.2) is 35.2 Å². The third-order valence-electron chi connectivity index (χ3n) is 7.84. The Labute approximate surface area is 209 Å². The van der Waals surface area contributed by atoms with Crippen LogP contribution < -0.4 is 0 Å². The van der Waals surface area contributed by atoms with Crippen LogP contribution in [0, 0.1) is 17.8 Å². The number of aryl methyl sites for hydroxylation is 1. The molecule has 1 aliphatic heterocycles. The van der Waals surface area contributed by atoms with Gasteiger partial charge < -0.3 is 9.47 Å². The van der Waals surface area contributed by atoms with Crippen LogP contribution in [0.3, 0.4) is 0 Å². The van der Waals surface area contributed by atoms with E-state index in [1.54, 1.807) is 4.90 Å². The SMILES string of the molecule is CC1CCC(C(C)C)C(OC(=O)C2C(CCc3ccccc3)OC(=O)N2C(C)c2ccccc2)C1. The zero-order valence-electron chi connectivity index (χ0n) is 21.4. The predicted octanol–water partition coefficient (Wildman–Crippen LogP) is 6.57. The highest BCUT2D eigenvalue weighted by atomic mass is 16.6. The summed E-state index contributed by atoms with van der Waals surface area (Å²) >= 11 is 0. The second-order valence-corrected chi connectivity index (χ2v) is 10.7. The Bertz CT molecular complexity index is 976. The number of esters is 1. The van der Waals surface area contributed by atoms with Gasteiger partial charge in [-0.2, -0.15) is 0 Å². The number of nitrogens with zero attached hydrogens (tertiary/aromatic N) is 1. The van der Waals surface area contributed by atoms with Gasteiger partial charge in [-0.15, -0.1) is 0 Å². The Hall–Kier alpha value is -2.82. The largest absolute Gasteiger partial charge is 0.460 e. The quantitative estimate of drug-likeness (QED) is 0.403. The Balaban J connectivity index is 1.58. The molecule has 0 aromatic heterocycles. The smallest absolute Gasteiger partial charge is 0.411 e. The average molecular weight is 478 g/mol. The van der Waals surface area contributed by atoms with Gasteiger partial charge in [0.15, 0.2) is 6.04 Å². The first-order valence-electron chi connectivity index (χ1n) is 13.1. The van der Waals surface area contributed by atoms with Gasteiger partial charge in [0.1, 0.15) is 12.2 Å². The average Bonchev–Trinajstić information content (AvgIpc) is 3.19. The third kappa shape index (κ3) is 5.88. The number of benzene rings is 2. The van der Waals surface area contributed by atoms with E-state index in [0.717, 1.165) is 30.4 Å². The molecule has 1 aliphatic carbocycles. The van der Waals surface area contributed by atoms with Crippen LogP contribution in [0.15, 0.2) is 60.7 Å². The normalized spacial score (nSPS) is 27.5. The summed E-state index contributed by atoms with van der Waals surface area (Å²) in [6, 6.07) is 18.9. The minimum Gasteiger partial charge on any atom is -0.460 e. The second kappa shape index (κ2) is 11.3. The van der Waals surface area contributed by atoms with Crippen LogP contribution in [-0.2, 0) is 20.7 Å². The molecule has 1 amide bonds. The van der Waals surface area contributed by atoms with Crippen LogP contribution in [0.4, 0.5) is 4.79 Å². The van der Waals surface area contributed by atoms with Crippen molar-refractivity contribution in [3.63, 3.8) is 0 Å².